The lowest BCUT2D eigenvalue weighted by molar-refractivity contribution is -0.134. The van der Waals surface area contributed by atoms with Gasteiger partial charge in [0, 0.05) is 19.1 Å². The topological polar surface area (TPSA) is 55.6 Å². The number of carbonyl (C=O) groups is 1. The molecule has 22 heavy (non-hydrogen) atoms. The molecule has 1 unspecified atom stereocenters. The van der Waals surface area contributed by atoms with Crippen LogP contribution in [0.15, 0.2) is 42.5 Å². The molecule has 0 bridgehead atoms. The predicted octanol–water partition coefficient (Wildman–Crippen LogP) is 2.59. The molecule has 1 aliphatic heterocycles. The molecule has 2 aromatic rings. The zero-order valence-electron chi connectivity index (χ0n) is 12.4. The maximum atomic E-state index is 12.1. The summed E-state index contributed by atoms with van der Waals surface area (Å²) in [4.78, 5) is 13.9. The number of ether oxygens (including phenoxy) is 1. The first-order valence-corrected chi connectivity index (χ1v) is 7.37. The Labute approximate surface area is 136 Å². The summed E-state index contributed by atoms with van der Waals surface area (Å²) in [7, 11) is 0. The predicted molar refractivity (Wildman–Crippen MR) is 90.5 cm³/mol. The van der Waals surface area contributed by atoms with E-state index in [4.69, 9.17) is 10.5 Å². The molecule has 2 N–H and O–H groups in total. The fraction of sp³-hybridized carbons (Fsp3) is 0.353. The maximum absolute atomic E-state index is 12.1. The van der Waals surface area contributed by atoms with Gasteiger partial charge in [0.25, 0.3) is 5.91 Å². The van der Waals surface area contributed by atoms with Gasteiger partial charge < -0.3 is 15.4 Å². The van der Waals surface area contributed by atoms with Crippen molar-refractivity contribution in [3.63, 3.8) is 0 Å². The third-order valence-corrected chi connectivity index (χ3v) is 3.89. The van der Waals surface area contributed by atoms with Gasteiger partial charge in [-0.2, -0.15) is 0 Å². The molecule has 1 amide bonds. The highest BCUT2D eigenvalue weighted by atomic mass is 35.5. The minimum absolute atomic E-state index is 0. The molecule has 3 rings (SSSR count). The number of amides is 1. The van der Waals surface area contributed by atoms with E-state index in [1.807, 2.05) is 36.4 Å². The van der Waals surface area contributed by atoms with Crippen LogP contribution in [0, 0.1) is 0 Å². The van der Waals surface area contributed by atoms with Crippen molar-refractivity contribution < 1.29 is 9.53 Å². The number of benzene rings is 2. The van der Waals surface area contributed by atoms with Gasteiger partial charge in [-0.15, -0.1) is 12.4 Å². The molecule has 0 saturated carbocycles. The zero-order valence-corrected chi connectivity index (χ0v) is 13.2. The van der Waals surface area contributed by atoms with Gasteiger partial charge in [-0.25, -0.2) is 0 Å². The van der Waals surface area contributed by atoms with Crippen LogP contribution in [0.1, 0.15) is 12.8 Å². The Kier molecular flexibility index (Phi) is 5.63. The second-order valence-corrected chi connectivity index (χ2v) is 5.54. The average Bonchev–Trinajstić information content (AvgIpc) is 2.52. The SMILES string of the molecule is Cl.NC1CCCN(C(=O)COc2ccc3ccccc3c2)C1. The highest BCUT2D eigenvalue weighted by Crippen LogP contribution is 2.20. The minimum Gasteiger partial charge on any atom is -0.484 e. The molecular weight excluding hydrogens is 300 g/mol. The first kappa shape index (κ1) is 16.6. The summed E-state index contributed by atoms with van der Waals surface area (Å²) in [6, 6.07) is 14.1. The van der Waals surface area contributed by atoms with E-state index in [0.29, 0.717) is 6.54 Å². The average molecular weight is 321 g/mol. The molecular formula is C17H21ClN2O2. The Balaban J connectivity index is 0.00000176. The minimum atomic E-state index is 0. The number of hydrogen-bond acceptors (Lipinski definition) is 3. The highest BCUT2D eigenvalue weighted by molar-refractivity contribution is 5.85. The molecule has 2 aromatic carbocycles. The molecule has 0 aliphatic carbocycles. The lowest BCUT2D eigenvalue weighted by Crippen LogP contribution is -2.47. The number of nitrogens with two attached hydrogens (primary N) is 1. The van der Waals surface area contributed by atoms with Gasteiger partial charge in [-0.05, 0) is 35.7 Å². The number of hydrogen-bond donors (Lipinski definition) is 1. The van der Waals surface area contributed by atoms with Gasteiger partial charge in [0.1, 0.15) is 5.75 Å². The Morgan fingerprint density at radius 3 is 2.77 bits per heavy atom. The summed E-state index contributed by atoms with van der Waals surface area (Å²) in [5, 5.41) is 2.28. The van der Waals surface area contributed by atoms with E-state index in [1.54, 1.807) is 4.90 Å². The first-order chi connectivity index (χ1) is 10.2. The highest BCUT2D eigenvalue weighted by Gasteiger charge is 2.21. The Morgan fingerprint density at radius 2 is 2.00 bits per heavy atom. The van der Waals surface area contributed by atoms with E-state index in [2.05, 4.69) is 6.07 Å². The number of rotatable bonds is 3. The monoisotopic (exact) mass is 320 g/mol. The normalized spacial score (nSPS) is 17.9. The number of fused-ring (bicyclic) bond motifs is 1. The van der Waals surface area contributed by atoms with Crippen LogP contribution in [0.3, 0.4) is 0 Å². The lowest BCUT2D eigenvalue weighted by atomic mass is 10.1. The smallest absolute Gasteiger partial charge is 0.260 e. The molecule has 5 heteroatoms. The van der Waals surface area contributed by atoms with Crippen LogP contribution >= 0.6 is 12.4 Å². The van der Waals surface area contributed by atoms with Crippen LogP contribution in [0.25, 0.3) is 10.8 Å². The van der Waals surface area contributed by atoms with Gasteiger partial charge in [-0.1, -0.05) is 30.3 Å². The van der Waals surface area contributed by atoms with Crippen LogP contribution in [-0.4, -0.2) is 36.5 Å². The van der Waals surface area contributed by atoms with E-state index < -0.39 is 0 Å². The molecule has 1 heterocycles. The fourth-order valence-electron chi connectivity index (χ4n) is 2.73. The summed E-state index contributed by atoms with van der Waals surface area (Å²) in [5.41, 5.74) is 5.90. The molecule has 0 radical (unpaired) electrons. The van der Waals surface area contributed by atoms with Crippen LogP contribution in [0.5, 0.6) is 5.75 Å². The molecule has 1 saturated heterocycles. The second-order valence-electron chi connectivity index (χ2n) is 5.54. The van der Waals surface area contributed by atoms with Gasteiger partial charge in [0.15, 0.2) is 6.61 Å². The van der Waals surface area contributed by atoms with Crippen molar-refractivity contribution in [1.29, 1.82) is 0 Å². The van der Waals surface area contributed by atoms with E-state index in [-0.39, 0.29) is 31.0 Å². The van der Waals surface area contributed by atoms with Crippen LogP contribution in [0.2, 0.25) is 0 Å². The lowest BCUT2D eigenvalue weighted by Gasteiger charge is -2.30. The number of piperidine rings is 1. The van der Waals surface area contributed by atoms with Crippen molar-refractivity contribution in [2.75, 3.05) is 19.7 Å². The zero-order chi connectivity index (χ0) is 14.7. The van der Waals surface area contributed by atoms with Crippen molar-refractivity contribution in [3.05, 3.63) is 42.5 Å². The molecule has 1 aliphatic rings. The molecule has 4 nitrogen and oxygen atoms in total. The third-order valence-electron chi connectivity index (χ3n) is 3.89. The van der Waals surface area contributed by atoms with Crippen molar-refractivity contribution in [2.24, 2.45) is 5.73 Å². The van der Waals surface area contributed by atoms with Gasteiger partial charge >= 0.3 is 0 Å². The summed E-state index contributed by atoms with van der Waals surface area (Å²) in [5.74, 6) is 0.738. The van der Waals surface area contributed by atoms with Crippen molar-refractivity contribution in [1.82, 2.24) is 4.90 Å². The van der Waals surface area contributed by atoms with E-state index in [1.165, 1.54) is 0 Å². The van der Waals surface area contributed by atoms with Crippen molar-refractivity contribution in [3.8, 4) is 5.75 Å². The van der Waals surface area contributed by atoms with Gasteiger partial charge in [0.2, 0.25) is 0 Å². The Bertz CT molecular complexity index is 647. The summed E-state index contributed by atoms with van der Waals surface area (Å²) < 4.78 is 5.63. The van der Waals surface area contributed by atoms with E-state index in [9.17, 15) is 4.79 Å². The molecule has 1 atom stereocenters. The number of carbonyl (C=O) groups excluding carboxylic acids is 1. The standard InChI is InChI=1S/C17H20N2O2.ClH/c18-15-6-3-9-19(11-15)17(20)12-21-16-8-7-13-4-1-2-5-14(13)10-16;/h1-2,4-5,7-8,10,15H,3,6,9,11-12,18H2;1H. The third kappa shape index (κ3) is 3.90. The van der Waals surface area contributed by atoms with Crippen LogP contribution < -0.4 is 10.5 Å². The molecule has 118 valence electrons. The quantitative estimate of drug-likeness (QED) is 0.945. The van der Waals surface area contributed by atoms with Gasteiger partial charge in [0.05, 0.1) is 0 Å². The van der Waals surface area contributed by atoms with E-state index >= 15 is 0 Å². The summed E-state index contributed by atoms with van der Waals surface area (Å²) >= 11 is 0. The molecule has 1 fully saturated rings. The number of likely N-dealkylation sites (tertiary alicyclic amines) is 1. The summed E-state index contributed by atoms with van der Waals surface area (Å²) in [6.07, 6.45) is 1.97. The van der Waals surface area contributed by atoms with Crippen LogP contribution in [0.4, 0.5) is 0 Å². The van der Waals surface area contributed by atoms with Gasteiger partial charge in [-0.3, -0.25) is 4.79 Å². The molecule has 0 aromatic heterocycles. The van der Waals surface area contributed by atoms with Crippen molar-refractivity contribution in [2.45, 2.75) is 18.9 Å². The largest absolute Gasteiger partial charge is 0.484 e. The van der Waals surface area contributed by atoms with Crippen molar-refractivity contribution >= 4 is 29.1 Å². The summed E-state index contributed by atoms with van der Waals surface area (Å²) in [6.45, 7) is 1.50. The number of halogens is 1. The fourth-order valence-corrected chi connectivity index (χ4v) is 2.73. The maximum Gasteiger partial charge on any atom is 0.260 e. The Hall–Kier alpha value is -1.78. The van der Waals surface area contributed by atoms with E-state index in [0.717, 1.165) is 35.9 Å². The number of nitrogens with zero attached hydrogens (tertiary/aromatic N) is 1. The second kappa shape index (κ2) is 7.47. The van der Waals surface area contributed by atoms with Crippen LogP contribution in [-0.2, 0) is 4.79 Å². The Morgan fingerprint density at radius 1 is 1.23 bits per heavy atom. The first-order valence-electron chi connectivity index (χ1n) is 7.37. The molecule has 0 spiro atoms.